The maximum atomic E-state index is 6.00. The van der Waals surface area contributed by atoms with Crippen LogP contribution in [0.4, 0.5) is 10.8 Å². The monoisotopic (exact) mass is 290 g/mol. The molecule has 0 spiro atoms. The van der Waals surface area contributed by atoms with E-state index in [1.807, 2.05) is 18.3 Å². The molecule has 2 rings (SSSR count). The summed E-state index contributed by atoms with van der Waals surface area (Å²) >= 11 is 1.42. The van der Waals surface area contributed by atoms with Crippen LogP contribution in [0.1, 0.15) is 33.6 Å². The Morgan fingerprint density at radius 3 is 2.75 bits per heavy atom. The first-order valence-electron chi connectivity index (χ1n) is 7.00. The number of hydrogen-bond acceptors (Lipinski definition) is 5. The molecule has 1 unspecified atom stereocenters. The van der Waals surface area contributed by atoms with Gasteiger partial charge in [0, 0.05) is 24.0 Å². The van der Waals surface area contributed by atoms with Gasteiger partial charge in [0.15, 0.2) is 0 Å². The van der Waals surface area contributed by atoms with Crippen molar-refractivity contribution < 1.29 is 0 Å². The fourth-order valence-corrected chi connectivity index (χ4v) is 2.92. The normalized spacial score (nSPS) is 12.6. The molecule has 5 heteroatoms. The largest absolute Gasteiger partial charge is 0.382 e. The SMILES string of the molecule is CC(C)CCC(C)Nc1snc(N)c1-c1cccnc1. The maximum absolute atomic E-state index is 6.00. The Kier molecular flexibility index (Phi) is 4.95. The van der Waals surface area contributed by atoms with Gasteiger partial charge in [-0.15, -0.1) is 0 Å². The number of aromatic nitrogens is 2. The number of nitrogens with two attached hydrogens (primary N) is 1. The molecule has 0 radical (unpaired) electrons. The number of rotatable bonds is 6. The molecule has 0 aromatic carbocycles. The predicted molar refractivity (Wildman–Crippen MR) is 86.9 cm³/mol. The zero-order valence-electron chi connectivity index (χ0n) is 12.3. The average molecular weight is 290 g/mol. The van der Waals surface area contributed by atoms with Crippen LogP contribution in [-0.4, -0.2) is 15.4 Å². The van der Waals surface area contributed by atoms with Gasteiger partial charge in [0.05, 0.1) is 5.56 Å². The Labute approximate surface area is 124 Å². The molecule has 0 saturated heterocycles. The van der Waals surface area contributed by atoms with Crippen molar-refractivity contribution in [3.05, 3.63) is 24.5 Å². The highest BCUT2D eigenvalue weighted by molar-refractivity contribution is 7.11. The van der Waals surface area contributed by atoms with Gasteiger partial charge < -0.3 is 11.1 Å². The number of anilines is 2. The van der Waals surface area contributed by atoms with E-state index in [-0.39, 0.29) is 0 Å². The molecule has 0 saturated carbocycles. The summed E-state index contributed by atoms with van der Waals surface area (Å²) < 4.78 is 4.27. The van der Waals surface area contributed by atoms with Crippen LogP contribution < -0.4 is 11.1 Å². The van der Waals surface area contributed by atoms with E-state index in [0.29, 0.717) is 11.9 Å². The lowest BCUT2D eigenvalue weighted by molar-refractivity contribution is 0.528. The zero-order valence-corrected chi connectivity index (χ0v) is 13.1. The van der Waals surface area contributed by atoms with Crippen LogP contribution in [0.15, 0.2) is 24.5 Å². The summed E-state index contributed by atoms with van der Waals surface area (Å²) in [5.74, 6) is 1.30. The number of nitrogens with zero attached hydrogens (tertiary/aromatic N) is 2. The van der Waals surface area contributed by atoms with Gasteiger partial charge in [0.25, 0.3) is 0 Å². The lowest BCUT2D eigenvalue weighted by Gasteiger charge is -2.16. The summed E-state index contributed by atoms with van der Waals surface area (Å²) in [7, 11) is 0. The molecule has 0 bridgehead atoms. The molecular weight excluding hydrogens is 268 g/mol. The Morgan fingerprint density at radius 1 is 1.30 bits per heavy atom. The smallest absolute Gasteiger partial charge is 0.147 e. The van der Waals surface area contributed by atoms with Gasteiger partial charge in [-0.2, -0.15) is 4.37 Å². The second-order valence-electron chi connectivity index (χ2n) is 5.53. The lowest BCUT2D eigenvalue weighted by Crippen LogP contribution is -2.15. The van der Waals surface area contributed by atoms with E-state index in [1.54, 1.807) is 6.20 Å². The van der Waals surface area contributed by atoms with Gasteiger partial charge in [-0.3, -0.25) is 4.98 Å². The Morgan fingerprint density at radius 2 is 2.10 bits per heavy atom. The van der Waals surface area contributed by atoms with Gasteiger partial charge >= 0.3 is 0 Å². The average Bonchev–Trinajstić information content (AvgIpc) is 2.78. The first-order valence-corrected chi connectivity index (χ1v) is 7.77. The van der Waals surface area contributed by atoms with Crippen LogP contribution in [0.25, 0.3) is 11.1 Å². The van der Waals surface area contributed by atoms with Crippen molar-refractivity contribution in [1.29, 1.82) is 0 Å². The summed E-state index contributed by atoms with van der Waals surface area (Å²) in [6.07, 6.45) is 5.94. The number of nitrogen functional groups attached to an aromatic ring is 1. The minimum Gasteiger partial charge on any atom is -0.382 e. The molecule has 2 aromatic rings. The van der Waals surface area contributed by atoms with Gasteiger partial charge in [0.1, 0.15) is 10.8 Å². The van der Waals surface area contributed by atoms with E-state index in [9.17, 15) is 0 Å². The van der Waals surface area contributed by atoms with Crippen molar-refractivity contribution >= 4 is 22.4 Å². The highest BCUT2D eigenvalue weighted by Gasteiger charge is 2.15. The molecule has 1 atom stereocenters. The summed E-state index contributed by atoms with van der Waals surface area (Å²) in [6, 6.07) is 4.34. The molecule has 0 amide bonds. The molecule has 0 fully saturated rings. The van der Waals surface area contributed by atoms with Crippen LogP contribution >= 0.6 is 11.5 Å². The van der Waals surface area contributed by atoms with Crippen molar-refractivity contribution in [2.45, 2.75) is 39.7 Å². The first kappa shape index (κ1) is 14.8. The van der Waals surface area contributed by atoms with E-state index < -0.39 is 0 Å². The highest BCUT2D eigenvalue weighted by atomic mass is 32.1. The van der Waals surface area contributed by atoms with Gasteiger partial charge in [-0.05, 0) is 43.3 Å². The van der Waals surface area contributed by atoms with E-state index in [2.05, 4.69) is 35.4 Å². The molecule has 2 heterocycles. The van der Waals surface area contributed by atoms with Crippen LogP contribution in [0, 0.1) is 5.92 Å². The quantitative estimate of drug-likeness (QED) is 0.843. The third-order valence-electron chi connectivity index (χ3n) is 3.22. The summed E-state index contributed by atoms with van der Waals surface area (Å²) in [5.41, 5.74) is 7.99. The fraction of sp³-hybridized carbons (Fsp3) is 0.467. The molecule has 4 nitrogen and oxygen atoms in total. The molecule has 108 valence electrons. The fourth-order valence-electron chi connectivity index (χ4n) is 2.07. The second kappa shape index (κ2) is 6.70. The van der Waals surface area contributed by atoms with E-state index in [1.165, 1.54) is 18.0 Å². The van der Waals surface area contributed by atoms with Crippen molar-refractivity contribution in [3.63, 3.8) is 0 Å². The zero-order chi connectivity index (χ0) is 14.5. The summed E-state index contributed by atoms with van der Waals surface area (Å²) in [4.78, 5) is 4.16. The standard InChI is InChI=1S/C15H22N4S/c1-10(2)6-7-11(3)18-15-13(14(16)19-20-15)12-5-4-8-17-9-12/h4-5,8-11,18H,6-7H2,1-3H3,(H2,16,19). The molecule has 0 aliphatic heterocycles. The lowest BCUT2D eigenvalue weighted by atomic mass is 10.0. The Balaban J connectivity index is 2.14. The summed E-state index contributed by atoms with van der Waals surface area (Å²) in [6.45, 7) is 6.70. The van der Waals surface area contributed by atoms with Crippen LogP contribution in [-0.2, 0) is 0 Å². The summed E-state index contributed by atoms with van der Waals surface area (Å²) in [5, 5.41) is 4.57. The van der Waals surface area contributed by atoms with Crippen LogP contribution in [0.2, 0.25) is 0 Å². The number of hydrogen-bond donors (Lipinski definition) is 2. The molecule has 20 heavy (non-hydrogen) atoms. The van der Waals surface area contributed by atoms with Gasteiger partial charge in [-0.1, -0.05) is 19.9 Å². The van der Waals surface area contributed by atoms with Crippen LogP contribution in [0.3, 0.4) is 0 Å². The predicted octanol–water partition coefficient (Wildman–Crippen LogP) is 4.02. The van der Waals surface area contributed by atoms with E-state index in [4.69, 9.17) is 5.73 Å². The molecule has 3 N–H and O–H groups in total. The number of pyridine rings is 1. The molecule has 2 aromatic heterocycles. The molecule has 0 aliphatic carbocycles. The van der Waals surface area contributed by atoms with Crippen molar-refractivity contribution in [2.24, 2.45) is 5.92 Å². The Hall–Kier alpha value is -1.62. The van der Waals surface area contributed by atoms with E-state index in [0.717, 1.165) is 28.5 Å². The van der Waals surface area contributed by atoms with Crippen molar-refractivity contribution in [1.82, 2.24) is 9.36 Å². The van der Waals surface area contributed by atoms with Crippen LogP contribution in [0.5, 0.6) is 0 Å². The van der Waals surface area contributed by atoms with Crippen molar-refractivity contribution in [2.75, 3.05) is 11.1 Å². The van der Waals surface area contributed by atoms with Gasteiger partial charge in [-0.25, -0.2) is 0 Å². The Bertz CT molecular complexity index is 536. The highest BCUT2D eigenvalue weighted by Crippen LogP contribution is 2.36. The number of nitrogens with one attached hydrogen (secondary N) is 1. The molecular formula is C15H22N4S. The van der Waals surface area contributed by atoms with Gasteiger partial charge in [0.2, 0.25) is 0 Å². The van der Waals surface area contributed by atoms with Crippen molar-refractivity contribution in [3.8, 4) is 11.1 Å². The minimum absolute atomic E-state index is 0.410. The maximum Gasteiger partial charge on any atom is 0.147 e. The second-order valence-corrected chi connectivity index (χ2v) is 6.30. The minimum atomic E-state index is 0.410. The van der Waals surface area contributed by atoms with E-state index >= 15 is 0 Å². The first-order chi connectivity index (χ1) is 9.58. The topological polar surface area (TPSA) is 63.8 Å². The molecule has 0 aliphatic rings. The third kappa shape index (κ3) is 3.70. The third-order valence-corrected chi connectivity index (χ3v) is 4.02.